The van der Waals surface area contributed by atoms with E-state index < -0.39 is 12.2 Å². The van der Waals surface area contributed by atoms with Crippen molar-refractivity contribution in [2.24, 2.45) is 0 Å². The molecule has 2 aliphatic rings. The van der Waals surface area contributed by atoms with Crippen molar-refractivity contribution in [2.75, 3.05) is 13.2 Å². The zero-order chi connectivity index (χ0) is 8.72. The minimum Gasteiger partial charge on any atom is -0.395 e. The molecule has 0 aromatic heterocycles. The normalized spacial score (nSPS) is 48.2. The number of aliphatic hydroxyl groups is 3. The fourth-order valence-corrected chi connectivity index (χ4v) is 2.46. The van der Waals surface area contributed by atoms with Crippen molar-refractivity contribution in [3.8, 4) is 0 Å². The Morgan fingerprint density at radius 2 is 2.00 bits per heavy atom. The molecule has 2 fully saturated rings. The highest BCUT2D eigenvalue weighted by Gasteiger charge is 2.48. The summed E-state index contributed by atoms with van der Waals surface area (Å²) in [6.07, 6.45) is 0.574. The van der Waals surface area contributed by atoms with E-state index in [1.165, 1.54) is 0 Å². The molecule has 0 radical (unpaired) electrons. The fourth-order valence-electron chi connectivity index (χ4n) is 2.46. The number of hydrogen-bond donors (Lipinski definition) is 3. The minimum atomic E-state index is -0.764. The summed E-state index contributed by atoms with van der Waals surface area (Å²) in [5.41, 5.74) is 0. The van der Waals surface area contributed by atoms with Crippen LogP contribution in [0.1, 0.15) is 12.8 Å². The van der Waals surface area contributed by atoms with Gasteiger partial charge in [-0.05, 0) is 19.4 Å². The minimum absolute atomic E-state index is 0.0608. The number of nitrogens with zero attached hydrogens (tertiary/aromatic N) is 1. The van der Waals surface area contributed by atoms with Crippen molar-refractivity contribution in [1.82, 2.24) is 4.90 Å². The molecular weight excluding hydrogens is 158 g/mol. The van der Waals surface area contributed by atoms with Gasteiger partial charge in [0.2, 0.25) is 0 Å². The van der Waals surface area contributed by atoms with Crippen molar-refractivity contribution in [3.63, 3.8) is 0 Å². The zero-order valence-corrected chi connectivity index (χ0v) is 6.93. The van der Waals surface area contributed by atoms with E-state index >= 15 is 0 Å². The number of fused-ring (bicyclic) bond motifs is 1. The van der Waals surface area contributed by atoms with E-state index in [4.69, 9.17) is 5.11 Å². The molecule has 3 N–H and O–H groups in total. The molecule has 0 aromatic rings. The van der Waals surface area contributed by atoms with E-state index in [0.717, 1.165) is 19.4 Å². The van der Waals surface area contributed by atoms with Gasteiger partial charge in [-0.2, -0.15) is 0 Å². The molecule has 2 unspecified atom stereocenters. The van der Waals surface area contributed by atoms with Gasteiger partial charge in [0.1, 0.15) is 0 Å². The quantitative estimate of drug-likeness (QED) is 0.454. The molecule has 12 heavy (non-hydrogen) atoms. The summed E-state index contributed by atoms with van der Waals surface area (Å²) in [6, 6.07) is -0.162. The summed E-state index contributed by atoms with van der Waals surface area (Å²) >= 11 is 0. The smallest absolute Gasteiger partial charge is 0.0991 e. The molecular formula is C8H15NO3. The van der Waals surface area contributed by atoms with Crippen molar-refractivity contribution in [2.45, 2.75) is 37.1 Å². The third-order valence-electron chi connectivity index (χ3n) is 3.09. The van der Waals surface area contributed by atoms with Crippen LogP contribution in [0.5, 0.6) is 0 Å². The van der Waals surface area contributed by atoms with Crippen LogP contribution < -0.4 is 0 Å². The van der Waals surface area contributed by atoms with E-state index in [2.05, 4.69) is 0 Å². The third-order valence-corrected chi connectivity index (χ3v) is 3.09. The lowest BCUT2D eigenvalue weighted by Gasteiger charge is -2.21. The Hall–Kier alpha value is -0.160. The molecule has 4 atom stereocenters. The second kappa shape index (κ2) is 2.96. The Morgan fingerprint density at radius 3 is 2.67 bits per heavy atom. The second-order valence-electron chi connectivity index (χ2n) is 3.68. The Balaban J connectivity index is 2.15. The first-order chi connectivity index (χ1) is 5.75. The van der Waals surface area contributed by atoms with Crippen molar-refractivity contribution in [3.05, 3.63) is 0 Å². The molecule has 70 valence electrons. The molecule has 0 amide bonds. The molecule has 0 aromatic carbocycles. The van der Waals surface area contributed by atoms with E-state index in [0.29, 0.717) is 0 Å². The number of hydrogen-bond acceptors (Lipinski definition) is 4. The van der Waals surface area contributed by atoms with Crippen LogP contribution in [-0.4, -0.2) is 57.7 Å². The lowest BCUT2D eigenvalue weighted by Crippen LogP contribution is -2.38. The van der Waals surface area contributed by atoms with Crippen LogP contribution in [0, 0.1) is 0 Å². The maximum atomic E-state index is 9.57. The predicted octanol–water partition coefficient (Wildman–Crippen LogP) is -1.45. The van der Waals surface area contributed by atoms with Gasteiger partial charge in [-0.15, -0.1) is 0 Å². The van der Waals surface area contributed by atoms with Crippen LogP contribution in [0.3, 0.4) is 0 Å². The van der Waals surface area contributed by atoms with Gasteiger partial charge in [-0.1, -0.05) is 0 Å². The van der Waals surface area contributed by atoms with E-state index in [-0.39, 0.29) is 18.7 Å². The summed E-state index contributed by atoms with van der Waals surface area (Å²) in [5.74, 6) is 0. The molecule has 2 aliphatic heterocycles. The SMILES string of the molecule is OCC1[C@@H](O)[C@H](O)C2CCCN12. The fraction of sp³-hybridized carbons (Fsp3) is 1.00. The molecule has 0 saturated carbocycles. The lowest BCUT2D eigenvalue weighted by atomic mass is 10.1. The number of rotatable bonds is 1. The van der Waals surface area contributed by atoms with Crippen LogP contribution in [0.25, 0.3) is 0 Å². The largest absolute Gasteiger partial charge is 0.395 e. The molecule has 2 heterocycles. The first-order valence-electron chi connectivity index (χ1n) is 4.48. The second-order valence-corrected chi connectivity index (χ2v) is 3.68. The zero-order valence-electron chi connectivity index (χ0n) is 6.93. The Bertz CT molecular complexity index is 174. The van der Waals surface area contributed by atoms with Crippen molar-refractivity contribution < 1.29 is 15.3 Å². The monoisotopic (exact) mass is 173 g/mol. The Morgan fingerprint density at radius 1 is 1.25 bits per heavy atom. The molecule has 2 rings (SSSR count). The summed E-state index contributed by atoms with van der Waals surface area (Å²) in [6.45, 7) is 0.832. The first-order valence-corrected chi connectivity index (χ1v) is 4.48. The lowest BCUT2D eigenvalue weighted by molar-refractivity contribution is 0.0154. The highest BCUT2D eigenvalue weighted by atomic mass is 16.3. The molecule has 4 nitrogen and oxygen atoms in total. The molecule has 4 heteroatoms. The van der Waals surface area contributed by atoms with E-state index in [9.17, 15) is 10.2 Å². The topological polar surface area (TPSA) is 63.9 Å². The molecule has 0 spiro atoms. The molecule has 0 bridgehead atoms. The first kappa shape index (κ1) is 8.44. The number of aliphatic hydroxyl groups excluding tert-OH is 3. The van der Waals surface area contributed by atoms with Crippen LogP contribution in [0.15, 0.2) is 0 Å². The summed E-state index contributed by atoms with van der Waals surface area (Å²) < 4.78 is 0. The van der Waals surface area contributed by atoms with Crippen LogP contribution in [-0.2, 0) is 0 Å². The maximum absolute atomic E-state index is 9.57. The Kier molecular flexibility index (Phi) is 2.08. The summed E-state index contributed by atoms with van der Waals surface area (Å²) in [5, 5.41) is 28.1. The summed E-state index contributed by atoms with van der Waals surface area (Å²) in [7, 11) is 0. The third kappa shape index (κ3) is 0.992. The molecule has 0 aliphatic carbocycles. The van der Waals surface area contributed by atoms with Gasteiger partial charge < -0.3 is 15.3 Å². The summed E-state index contributed by atoms with van der Waals surface area (Å²) in [4.78, 5) is 2.02. The highest BCUT2D eigenvalue weighted by Crippen LogP contribution is 2.32. The van der Waals surface area contributed by atoms with Crippen LogP contribution in [0.4, 0.5) is 0 Å². The van der Waals surface area contributed by atoms with Gasteiger partial charge in [-0.25, -0.2) is 0 Å². The average Bonchev–Trinajstić information content (AvgIpc) is 2.59. The maximum Gasteiger partial charge on any atom is 0.0991 e. The molecule has 2 saturated heterocycles. The van der Waals surface area contributed by atoms with E-state index in [1.807, 2.05) is 4.90 Å². The van der Waals surface area contributed by atoms with E-state index in [1.54, 1.807) is 0 Å². The van der Waals surface area contributed by atoms with Gasteiger partial charge in [-0.3, -0.25) is 4.90 Å². The Labute approximate surface area is 71.4 Å². The van der Waals surface area contributed by atoms with Crippen molar-refractivity contribution >= 4 is 0 Å². The van der Waals surface area contributed by atoms with Crippen molar-refractivity contribution in [1.29, 1.82) is 0 Å². The van der Waals surface area contributed by atoms with Gasteiger partial charge in [0.15, 0.2) is 0 Å². The van der Waals surface area contributed by atoms with Crippen LogP contribution >= 0.6 is 0 Å². The van der Waals surface area contributed by atoms with Gasteiger partial charge in [0.05, 0.1) is 24.9 Å². The van der Waals surface area contributed by atoms with Gasteiger partial charge in [0.25, 0.3) is 0 Å². The average molecular weight is 173 g/mol. The van der Waals surface area contributed by atoms with Gasteiger partial charge >= 0.3 is 0 Å². The highest BCUT2D eigenvalue weighted by molar-refractivity contribution is 5.03. The predicted molar refractivity (Wildman–Crippen MR) is 42.6 cm³/mol. The van der Waals surface area contributed by atoms with Crippen LogP contribution in [0.2, 0.25) is 0 Å². The van der Waals surface area contributed by atoms with Gasteiger partial charge in [0, 0.05) is 6.04 Å². The standard InChI is InChI=1S/C8H15NO3/c10-4-6-8(12)7(11)5-2-1-3-9(5)6/h5-8,10-12H,1-4H2/t5?,6?,7-,8-/m1/s1.